The third-order valence-corrected chi connectivity index (χ3v) is 14.9. The molecule has 5 heteroatoms. The molecule has 4 N–H and O–H groups in total. The van der Waals surface area contributed by atoms with E-state index in [1.807, 2.05) is 0 Å². The lowest BCUT2D eigenvalue weighted by Gasteiger charge is -2.26. The molecule has 414 valence electrons. The van der Waals surface area contributed by atoms with Crippen LogP contribution in [-0.2, 0) is 4.79 Å². The largest absolute Gasteiger partial charge is 0.394 e. The molecule has 0 fully saturated rings. The van der Waals surface area contributed by atoms with Crippen molar-refractivity contribution in [2.45, 2.75) is 366 Å². The van der Waals surface area contributed by atoms with Gasteiger partial charge in [-0.05, 0) is 77.0 Å². The van der Waals surface area contributed by atoms with Gasteiger partial charge in [0.05, 0.1) is 18.8 Å². The number of allylic oxidation sites excluding steroid dienone is 6. The monoisotopic (exact) mass is 984 g/mol. The van der Waals surface area contributed by atoms with Gasteiger partial charge in [-0.3, -0.25) is 4.79 Å². The van der Waals surface area contributed by atoms with E-state index >= 15 is 0 Å². The minimum absolute atomic E-state index is 0.153. The van der Waals surface area contributed by atoms with Crippen LogP contribution in [0.4, 0.5) is 0 Å². The average Bonchev–Trinajstić information content (AvgIpc) is 3.36. The Hall–Kier alpha value is -1.43. The lowest BCUT2D eigenvalue weighted by Crippen LogP contribution is -2.50. The van der Waals surface area contributed by atoms with Crippen LogP contribution in [0, 0.1) is 0 Å². The predicted molar refractivity (Wildman–Crippen MR) is 310 cm³/mol. The Morgan fingerprint density at radius 2 is 0.586 bits per heavy atom. The highest BCUT2D eigenvalue weighted by molar-refractivity contribution is 5.76. The summed E-state index contributed by atoms with van der Waals surface area (Å²) in [6, 6.07) is -0.832. The zero-order chi connectivity index (χ0) is 50.7. The molecule has 0 aromatic carbocycles. The molecule has 3 unspecified atom stereocenters. The van der Waals surface area contributed by atoms with Crippen molar-refractivity contribution in [2.75, 3.05) is 6.61 Å². The average molecular weight is 985 g/mol. The maximum absolute atomic E-state index is 12.5. The van der Waals surface area contributed by atoms with Gasteiger partial charge >= 0.3 is 0 Å². The fraction of sp³-hybridized carbons (Fsp3) is 0.892. The van der Waals surface area contributed by atoms with Crippen LogP contribution in [0.5, 0.6) is 0 Å². The zero-order valence-electron chi connectivity index (χ0n) is 47.4. The van der Waals surface area contributed by atoms with Crippen LogP contribution in [-0.4, -0.2) is 46.1 Å². The third-order valence-electron chi connectivity index (χ3n) is 14.9. The molecule has 0 saturated carbocycles. The van der Waals surface area contributed by atoms with E-state index in [1.54, 1.807) is 0 Å². The number of hydrogen-bond donors (Lipinski definition) is 4. The molecule has 0 radical (unpaired) electrons. The molecule has 5 nitrogen and oxygen atoms in total. The number of hydrogen-bond acceptors (Lipinski definition) is 4. The van der Waals surface area contributed by atoms with Gasteiger partial charge in [0.15, 0.2) is 0 Å². The first-order valence-corrected chi connectivity index (χ1v) is 31.8. The maximum atomic E-state index is 12.5. The van der Waals surface area contributed by atoms with Crippen molar-refractivity contribution in [3.05, 3.63) is 36.5 Å². The van der Waals surface area contributed by atoms with Crippen LogP contribution >= 0.6 is 0 Å². The molecule has 0 heterocycles. The summed E-state index contributed by atoms with van der Waals surface area (Å²) in [5.41, 5.74) is 0. The summed E-state index contributed by atoms with van der Waals surface area (Å²) in [7, 11) is 0. The van der Waals surface area contributed by atoms with E-state index in [4.69, 9.17) is 0 Å². The number of amides is 1. The molecule has 0 aromatic rings. The Morgan fingerprint density at radius 3 is 0.871 bits per heavy atom. The van der Waals surface area contributed by atoms with Gasteiger partial charge in [0.2, 0.25) is 5.91 Å². The molecule has 3 atom stereocenters. The van der Waals surface area contributed by atoms with Crippen molar-refractivity contribution < 1.29 is 20.1 Å². The molecule has 0 aliphatic heterocycles. The topological polar surface area (TPSA) is 89.8 Å². The van der Waals surface area contributed by atoms with Gasteiger partial charge in [0.1, 0.15) is 6.10 Å². The summed E-state index contributed by atoms with van der Waals surface area (Å²) in [5.74, 6) is -0.153. The summed E-state index contributed by atoms with van der Waals surface area (Å²) in [5, 5.41) is 33.8. The van der Waals surface area contributed by atoms with E-state index in [0.29, 0.717) is 12.8 Å². The number of aliphatic hydroxyl groups is 3. The molecule has 0 rings (SSSR count). The van der Waals surface area contributed by atoms with Crippen molar-refractivity contribution >= 4 is 5.91 Å². The highest BCUT2D eigenvalue weighted by Gasteiger charge is 2.26. The van der Waals surface area contributed by atoms with Gasteiger partial charge in [0, 0.05) is 6.42 Å². The van der Waals surface area contributed by atoms with Crippen molar-refractivity contribution in [1.29, 1.82) is 0 Å². The molecule has 0 bridgehead atoms. The Morgan fingerprint density at radius 1 is 0.343 bits per heavy atom. The summed E-state index contributed by atoms with van der Waals surface area (Å²) >= 11 is 0. The first kappa shape index (κ1) is 68.6. The maximum Gasteiger partial charge on any atom is 0.220 e. The van der Waals surface area contributed by atoms with Crippen molar-refractivity contribution in [3.63, 3.8) is 0 Å². The van der Waals surface area contributed by atoms with E-state index in [1.165, 1.54) is 276 Å². The van der Waals surface area contributed by atoms with E-state index in [-0.39, 0.29) is 12.5 Å². The van der Waals surface area contributed by atoms with Gasteiger partial charge < -0.3 is 20.6 Å². The Balaban J connectivity index is 3.49. The lowest BCUT2D eigenvalue weighted by molar-refractivity contribution is -0.124. The van der Waals surface area contributed by atoms with Crippen molar-refractivity contribution in [1.82, 2.24) is 5.32 Å². The number of rotatable bonds is 59. The normalized spacial score (nSPS) is 13.4. The summed E-state index contributed by atoms with van der Waals surface area (Å²) < 4.78 is 0. The van der Waals surface area contributed by atoms with Crippen LogP contribution in [0.25, 0.3) is 0 Å². The molecule has 70 heavy (non-hydrogen) atoms. The van der Waals surface area contributed by atoms with Gasteiger partial charge in [0.25, 0.3) is 0 Å². The zero-order valence-corrected chi connectivity index (χ0v) is 47.4. The van der Waals surface area contributed by atoms with Gasteiger partial charge in [-0.25, -0.2) is 0 Å². The summed E-state index contributed by atoms with van der Waals surface area (Å²) in [6.07, 6.45) is 79.2. The predicted octanol–water partition coefficient (Wildman–Crippen LogP) is 20.2. The second-order valence-corrected chi connectivity index (χ2v) is 21.9. The van der Waals surface area contributed by atoms with E-state index in [2.05, 4.69) is 55.6 Å². The van der Waals surface area contributed by atoms with Gasteiger partial charge in [-0.15, -0.1) is 0 Å². The number of aliphatic hydroxyl groups excluding tert-OH is 3. The summed E-state index contributed by atoms with van der Waals surface area (Å²) in [6.45, 7) is 4.20. The molecular formula is C65H125NO4. The van der Waals surface area contributed by atoms with Gasteiger partial charge in [-0.1, -0.05) is 301 Å². The fourth-order valence-electron chi connectivity index (χ4n) is 10.1. The molecular weight excluding hydrogens is 859 g/mol. The molecule has 0 aliphatic rings. The third kappa shape index (κ3) is 54.3. The van der Waals surface area contributed by atoms with Gasteiger partial charge in [-0.2, -0.15) is 0 Å². The van der Waals surface area contributed by atoms with Crippen LogP contribution in [0.15, 0.2) is 36.5 Å². The number of nitrogens with one attached hydrogen (secondary N) is 1. The van der Waals surface area contributed by atoms with Crippen LogP contribution < -0.4 is 5.32 Å². The number of unbranched alkanes of at least 4 members (excludes halogenated alkanes) is 45. The van der Waals surface area contributed by atoms with Crippen molar-refractivity contribution in [3.8, 4) is 0 Å². The van der Waals surface area contributed by atoms with E-state index < -0.39 is 18.2 Å². The van der Waals surface area contributed by atoms with Crippen LogP contribution in [0.3, 0.4) is 0 Å². The second-order valence-electron chi connectivity index (χ2n) is 21.9. The van der Waals surface area contributed by atoms with E-state index in [9.17, 15) is 20.1 Å². The summed E-state index contributed by atoms with van der Waals surface area (Å²) in [4.78, 5) is 12.5. The van der Waals surface area contributed by atoms with Crippen LogP contribution in [0.1, 0.15) is 348 Å². The van der Waals surface area contributed by atoms with Crippen LogP contribution in [0.2, 0.25) is 0 Å². The lowest BCUT2D eigenvalue weighted by atomic mass is 10.0. The minimum Gasteiger partial charge on any atom is -0.394 e. The minimum atomic E-state index is -1.17. The molecule has 0 aromatic heterocycles. The molecule has 1 amide bonds. The van der Waals surface area contributed by atoms with E-state index in [0.717, 1.165) is 44.9 Å². The Labute approximate surface area is 438 Å². The fourth-order valence-corrected chi connectivity index (χ4v) is 10.1. The Kier molecular flexibility index (Phi) is 58.9. The molecule has 0 spiro atoms. The Bertz CT molecular complexity index is 1090. The number of carbonyl (C=O) groups excluding carboxylic acids is 1. The first-order valence-electron chi connectivity index (χ1n) is 31.8. The number of carbonyl (C=O) groups is 1. The SMILES string of the molecule is CCCCCCCCCCCC/C=C/CC/C=C/CCCC(O)C(O)C(CO)NC(=O)CCCCCCCCCCCCCCCCCCC/C=C\CCCCCCCCCCCCCCCCCC. The highest BCUT2D eigenvalue weighted by Crippen LogP contribution is 2.18. The molecule has 0 aliphatic carbocycles. The smallest absolute Gasteiger partial charge is 0.220 e. The molecule has 0 saturated heterocycles. The second kappa shape index (κ2) is 60.1. The quantitative estimate of drug-likeness (QED) is 0.0361. The highest BCUT2D eigenvalue weighted by atomic mass is 16.3. The first-order chi connectivity index (χ1) is 34.6. The van der Waals surface area contributed by atoms with Crippen molar-refractivity contribution in [2.24, 2.45) is 0 Å². The standard InChI is InChI=1S/C65H125NO4/c1-3-5-7-9-11-13-15-17-19-21-23-24-25-26-27-28-29-30-31-32-33-34-35-36-37-38-39-40-42-44-46-48-50-52-54-56-58-60-64(69)66-62(61-67)65(70)63(68)59-57-55-53-51-49-47-45-43-41-22-20-18-16-14-12-10-8-6-4-2/h30-31,43,45,51,53,62-63,65,67-68,70H,3-29,32-42,44,46-50,52,54-61H2,1-2H3,(H,66,69)/b31-30-,45-43+,53-51+.